The van der Waals surface area contributed by atoms with Crippen molar-refractivity contribution in [2.45, 2.75) is 12.5 Å². The molecule has 0 saturated carbocycles. The maximum atomic E-state index is 14.4. The fourth-order valence-corrected chi connectivity index (χ4v) is 3.95. The van der Waals surface area contributed by atoms with Crippen LogP contribution in [0.4, 0.5) is 4.39 Å². The van der Waals surface area contributed by atoms with E-state index < -0.39 is 17.3 Å². The van der Waals surface area contributed by atoms with E-state index in [1.54, 1.807) is 12.1 Å². The van der Waals surface area contributed by atoms with Crippen molar-refractivity contribution in [2.75, 3.05) is 19.7 Å². The second-order valence-electron chi connectivity index (χ2n) is 6.61. The lowest BCUT2D eigenvalue weighted by atomic mass is 9.73. The lowest BCUT2D eigenvalue weighted by molar-refractivity contribution is -0.152. The van der Waals surface area contributed by atoms with Crippen molar-refractivity contribution in [1.29, 1.82) is 0 Å². The van der Waals surface area contributed by atoms with Crippen LogP contribution >= 0.6 is 0 Å². The molecule has 2 heterocycles. The highest BCUT2D eigenvalue weighted by Gasteiger charge is 2.57. The number of benzene rings is 2. The van der Waals surface area contributed by atoms with Gasteiger partial charge >= 0.3 is 5.97 Å². The van der Waals surface area contributed by atoms with Crippen LogP contribution < -0.4 is 4.74 Å². The van der Waals surface area contributed by atoms with Gasteiger partial charge in [0.25, 0.3) is 0 Å². The Hall–Kier alpha value is -2.40. The van der Waals surface area contributed by atoms with E-state index in [2.05, 4.69) is 4.90 Å². The van der Waals surface area contributed by atoms with Gasteiger partial charge in [-0.05, 0) is 17.7 Å². The minimum absolute atomic E-state index is 0.0781. The Kier molecular flexibility index (Phi) is 3.53. The maximum absolute atomic E-state index is 14.4. The van der Waals surface area contributed by atoms with E-state index in [0.29, 0.717) is 30.9 Å². The van der Waals surface area contributed by atoms with Crippen LogP contribution in [0.25, 0.3) is 0 Å². The van der Waals surface area contributed by atoms with Crippen molar-refractivity contribution in [3.63, 3.8) is 0 Å². The molecule has 1 fully saturated rings. The lowest BCUT2D eigenvalue weighted by Gasteiger charge is -2.36. The summed E-state index contributed by atoms with van der Waals surface area (Å²) in [4.78, 5) is 14.1. The highest BCUT2D eigenvalue weighted by atomic mass is 19.1. The first kappa shape index (κ1) is 15.1. The van der Waals surface area contributed by atoms with Crippen LogP contribution in [0, 0.1) is 11.2 Å². The number of ether oxygens (including phenoxy) is 1. The minimum atomic E-state index is -1.09. The van der Waals surface area contributed by atoms with Gasteiger partial charge in [0.15, 0.2) is 0 Å². The van der Waals surface area contributed by atoms with Crippen molar-refractivity contribution in [3.05, 3.63) is 65.5 Å². The second kappa shape index (κ2) is 5.60. The number of hydrogen-bond donors (Lipinski definition) is 1. The number of nitrogens with zero attached hydrogens (tertiary/aromatic N) is 1. The first-order valence-corrected chi connectivity index (χ1v) is 8.01. The van der Waals surface area contributed by atoms with E-state index in [-0.39, 0.29) is 12.4 Å². The summed E-state index contributed by atoms with van der Waals surface area (Å²) < 4.78 is 20.0. The quantitative estimate of drug-likeness (QED) is 0.942. The summed E-state index contributed by atoms with van der Waals surface area (Å²) in [7, 11) is 0. The molecule has 2 atom stereocenters. The topological polar surface area (TPSA) is 49.8 Å². The Bertz CT molecular complexity index is 779. The molecule has 0 aromatic heterocycles. The standard InChI is InChI=1S/C19H18FNO3/c20-15-7-4-8-16-17(15)14-10-21(9-13-5-2-1-3-6-13)11-19(14,12-24-16)18(22)23/h1-8,14H,9-12H2,(H,22,23)/t14-,19-/m0/s1. The number of aliphatic carboxylic acids is 1. The van der Waals surface area contributed by atoms with Gasteiger partial charge in [-0.1, -0.05) is 36.4 Å². The number of carbonyl (C=O) groups is 1. The molecule has 0 bridgehead atoms. The van der Waals surface area contributed by atoms with Crippen LogP contribution in [0.15, 0.2) is 48.5 Å². The summed E-state index contributed by atoms with van der Waals surface area (Å²) in [5.74, 6) is -1.23. The Balaban J connectivity index is 1.70. The van der Waals surface area contributed by atoms with Crippen LogP contribution in [0.2, 0.25) is 0 Å². The fraction of sp³-hybridized carbons (Fsp3) is 0.316. The molecule has 0 radical (unpaired) electrons. The van der Waals surface area contributed by atoms with E-state index in [1.807, 2.05) is 30.3 Å². The van der Waals surface area contributed by atoms with Gasteiger partial charge in [0.1, 0.15) is 23.6 Å². The average molecular weight is 327 g/mol. The highest BCUT2D eigenvalue weighted by Crippen LogP contribution is 2.50. The Morgan fingerprint density at radius 3 is 2.79 bits per heavy atom. The summed E-state index contributed by atoms with van der Waals surface area (Å²) in [5.41, 5.74) is 0.428. The molecule has 0 aliphatic carbocycles. The summed E-state index contributed by atoms with van der Waals surface area (Å²) in [6.07, 6.45) is 0. The predicted octanol–water partition coefficient (Wildman–Crippen LogP) is 2.89. The van der Waals surface area contributed by atoms with Crippen LogP contribution in [0.5, 0.6) is 5.75 Å². The number of rotatable bonds is 3. The molecular formula is C19H18FNO3. The van der Waals surface area contributed by atoms with E-state index in [0.717, 1.165) is 5.56 Å². The molecule has 124 valence electrons. The van der Waals surface area contributed by atoms with Gasteiger partial charge in [-0.2, -0.15) is 0 Å². The van der Waals surface area contributed by atoms with Crippen molar-refractivity contribution in [3.8, 4) is 5.75 Å². The van der Waals surface area contributed by atoms with Crippen LogP contribution in [-0.4, -0.2) is 35.7 Å². The molecular weight excluding hydrogens is 309 g/mol. The van der Waals surface area contributed by atoms with Gasteiger partial charge in [-0.15, -0.1) is 0 Å². The van der Waals surface area contributed by atoms with Gasteiger partial charge in [0.2, 0.25) is 0 Å². The smallest absolute Gasteiger partial charge is 0.315 e. The van der Waals surface area contributed by atoms with Gasteiger partial charge in [0.05, 0.1) is 0 Å². The van der Waals surface area contributed by atoms with Crippen molar-refractivity contribution in [2.24, 2.45) is 5.41 Å². The number of fused-ring (bicyclic) bond motifs is 3. The molecule has 0 amide bonds. The molecule has 2 aromatic rings. The number of carboxylic acids is 1. The molecule has 2 aliphatic heterocycles. The monoisotopic (exact) mass is 327 g/mol. The number of carboxylic acid groups (broad SMARTS) is 1. The number of likely N-dealkylation sites (tertiary alicyclic amines) is 1. The molecule has 5 heteroatoms. The summed E-state index contributed by atoms with van der Waals surface area (Å²) in [6, 6.07) is 14.6. The normalized spacial score (nSPS) is 25.6. The molecule has 2 aromatic carbocycles. The Labute approximate surface area is 139 Å². The zero-order valence-corrected chi connectivity index (χ0v) is 13.1. The van der Waals surface area contributed by atoms with Crippen LogP contribution in [-0.2, 0) is 11.3 Å². The lowest BCUT2D eigenvalue weighted by Crippen LogP contribution is -2.46. The molecule has 2 aliphatic rings. The largest absolute Gasteiger partial charge is 0.492 e. The van der Waals surface area contributed by atoms with E-state index in [4.69, 9.17) is 4.74 Å². The molecule has 4 nitrogen and oxygen atoms in total. The number of hydrogen-bond acceptors (Lipinski definition) is 3. The van der Waals surface area contributed by atoms with Crippen LogP contribution in [0.1, 0.15) is 17.0 Å². The van der Waals surface area contributed by atoms with Crippen molar-refractivity contribution < 1.29 is 19.0 Å². The Morgan fingerprint density at radius 2 is 2.04 bits per heavy atom. The minimum Gasteiger partial charge on any atom is -0.492 e. The number of halogens is 1. The molecule has 24 heavy (non-hydrogen) atoms. The molecule has 0 unspecified atom stereocenters. The zero-order chi connectivity index (χ0) is 16.7. The SMILES string of the molecule is O=C(O)[C@@]12COc3cccc(F)c3[C@@H]1CN(Cc1ccccc1)C2. The third-order valence-electron chi connectivity index (χ3n) is 5.14. The maximum Gasteiger partial charge on any atom is 0.315 e. The average Bonchev–Trinajstić information content (AvgIpc) is 2.95. The van der Waals surface area contributed by atoms with Crippen molar-refractivity contribution in [1.82, 2.24) is 4.90 Å². The Morgan fingerprint density at radius 1 is 1.25 bits per heavy atom. The third-order valence-corrected chi connectivity index (χ3v) is 5.14. The van der Waals surface area contributed by atoms with Gasteiger partial charge in [0, 0.05) is 31.1 Å². The van der Waals surface area contributed by atoms with E-state index >= 15 is 0 Å². The summed E-state index contributed by atoms with van der Waals surface area (Å²) >= 11 is 0. The predicted molar refractivity (Wildman–Crippen MR) is 86.4 cm³/mol. The molecule has 4 rings (SSSR count). The zero-order valence-electron chi connectivity index (χ0n) is 13.1. The third kappa shape index (κ3) is 2.27. The fourth-order valence-electron chi connectivity index (χ4n) is 3.95. The van der Waals surface area contributed by atoms with Gasteiger partial charge < -0.3 is 9.84 Å². The first-order valence-electron chi connectivity index (χ1n) is 8.01. The van der Waals surface area contributed by atoms with E-state index in [9.17, 15) is 14.3 Å². The van der Waals surface area contributed by atoms with Crippen LogP contribution in [0.3, 0.4) is 0 Å². The first-order chi connectivity index (χ1) is 11.6. The molecule has 1 N–H and O–H groups in total. The van der Waals surface area contributed by atoms with Gasteiger partial charge in [-0.25, -0.2) is 4.39 Å². The highest BCUT2D eigenvalue weighted by molar-refractivity contribution is 5.78. The van der Waals surface area contributed by atoms with E-state index in [1.165, 1.54) is 6.07 Å². The van der Waals surface area contributed by atoms with Gasteiger partial charge in [-0.3, -0.25) is 9.69 Å². The summed E-state index contributed by atoms with van der Waals surface area (Å²) in [6.45, 7) is 1.60. The molecule has 1 saturated heterocycles. The summed E-state index contributed by atoms with van der Waals surface area (Å²) in [5, 5.41) is 9.87. The second-order valence-corrected chi connectivity index (χ2v) is 6.61. The molecule has 0 spiro atoms. The van der Waals surface area contributed by atoms with Crippen molar-refractivity contribution >= 4 is 5.97 Å².